The average molecular weight is 336 g/mol. The van der Waals surface area contributed by atoms with Crippen LogP contribution in [0.4, 0.5) is 4.79 Å². The van der Waals surface area contributed by atoms with Gasteiger partial charge in [0.15, 0.2) is 5.81 Å². The van der Waals surface area contributed by atoms with Gasteiger partial charge < -0.3 is 9.80 Å². The van der Waals surface area contributed by atoms with E-state index in [0.29, 0.717) is 17.5 Å². The van der Waals surface area contributed by atoms with E-state index in [0.717, 1.165) is 63.7 Å². The first kappa shape index (κ1) is 17.8. The van der Waals surface area contributed by atoms with Gasteiger partial charge in [0.2, 0.25) is 7.85 Å². The smallest absolute Gasteiger partial charge is 0.215 e. The van der Waals surface area contributed by atoms with E-state index in [1.54, 1.807) is 7.85 Å². The molecule has 25 heavy (non-hydrogen) atoms. The SMILES string of the molecule is BC(=O)N1CCC(N2CCC(C#Cc3ccc(C=O)cc3)CC2)CC1. The van der Waals surface area contributed by atoms with E-state index in [-0.39, 0.29) is 5.81 Å². The summed E-state index contributed by atoms with van der Waals surface area (Å²) in [6.45, 7) is 4.01. The molecule has 3 rings (SSSR count). The molecular weight excluding hydrogens is 311 g/mol. The Labute approximate surface area is 151 Å². The monoisotopic (exact) mass is 336 g/mol. The first-order chi connectivity index (χ1) is 12.2. The summed E-state index contributed by atoms with van der Waals surface area (Å²) in [5.41, 5.74) is 1.67. The maximum atomic E-state index is 11.4. The summed E-state index contributed by atoms with van der Waals surface area (Å²) in [6, 6.07) is 8.07. The van der Waals surface area contributed by atoms with Gasteiger partial charge in [-0.15, -0.1) is 0 Å². The third-order valence-electron chi connectivity index (χ3n) is 5.42. The summed E-state index contributed by atoms with van der Waals surface area (Å²) in [6.07, 6.45) is 5.28. The van der Waals surface area contributed by atoms with Gasteiger partial charge in [-0.05, 0) is 50.9 Å². The van der Waals surface area contributed by atoms with Crippen molar-refractivity contribution in [2.24, 2.45) is 5.92 Å². The van der Waals surface area contributed by atoms with Gasteiger partial charge in [0.05, 0.1) is 0 Å². The molecule has 1 amide bonds. The van der Waals surface area contributed by atoms with E-state index in [2.05, 4.69) is 16.7 Å². The highest BCUT2D eigenvalue weighted by Crippen LogP contribution is 2.23. The molecule has 0 radical (unpaired) electrons. The molecule has 0 unspecified atom stereocenters. The summed E-state index contributed by atoms with van der Waals surface area (Å²) in [7, 11) is 1.66. The van der Waals surface area contributed by atoms with Crippen LogP contribution in [0, 0.1) is 17.8 Å². The van der Waals surface area contributed by atoms with Crippen molar-refractivity contribution in [1.29, 1.82) is 0 Å². The number of nitrogens with zero attached hydrogens (tertiary/aromatic N) is 2. The van der Waals surface area contributed by atoms with Gasteiger partial charge in [0.1, 0.15) is 6.29 Å². The zero-order chi connectivity index (χ0) is 17.6. The van der Waals surface area contributed by atoms with Crippen LogP contribution in [-0.4, -0.2) is 62.0 Å². The lowest BCUT2D eigenvalue weighted by atomic mass is 9.93. The molecule has 0 saturated carbocycles. The summed E-state index contributed by atoms with van der Waals surface area (Å²) >= 11 is 0. The minimum atomic E-state index is 0.202. The highest BCUT2D eigenvalue weighted by molar-refractivity contribution is 6.56. The Morgan fingerprint density at radius 3 is 2.24 bits per heavy atom. The Bertz CT molecular complexity index is 661. The van der Waals surface area contributed by atoms with Gasteiger partial charge in [0.25, 0.3) is 0 Å². The third-order valence-corrected chi connectivity index (χ3v) is 5.42. The van der Waals surface area contributed by atoms with Crippen molar-refractivity contribution in [2.45, 2.75) is 31.7 Å². The van der Waals surface area contributed by atoms with Crippen molar-refractivity contribution < 1.29 is 9.59 Å². The summed E-state index contributed by atoms with van der Waals surface area (Å²) in [5.74, 6) is 7.31. The van der Waals surface area contributed by atoms with Crippen LogP contribution in [0.25, 0.3) is 0 Å². The van der Waals surface area contributed by atoms with E-state index >= 15 is 0 Å². The number of benzene rings is 1. The molecule has 0 aromatic heterocycles. The number of hydrogen-bond acceptors (Lipinski definition) is 3. The van der Waals surface area contributed by atoms with Crippen LogP contribution in [0.3, 0.4) is 0 Å². The van der Waals surface area contributed by atoms with Crippen molar-refractivity contribution in [3.63, 3.8) is 0 Å². The quantitative estimate of drug-likeness (QED) is 0.470. The van der Waals surface area contributed by atoms with Crippen LogP contribution >= 0.6 is 0 Å². The molecule has 2 saturated heterocycles. The molecule has 0 aliphatic carbocycles. The van der Waals surface area contributed by atoms with Crippen LogP contribution in [0.5, 0.6) is 0 Å². The maximum absolute atomic E-state index is 11.4. The van der Waals surface area contributed by atoms with Crippen molar-refractivity contribution in [1.82, 2.24) is 9.80 Å². The highest BCUT2D eigenvalue weighted by atomic mass is 16.1. The van der Waals surface area contributed by atoms with Gasteiger partial charge in [-0.2, -0.15) is 0 Å². The predicted octanol–water partition coefficient (Wildman–Crippen LogP) is 1.78. The Kier molecular flexibility index (Phi) is 5.93. The summed E-state index contributed by atoms with van der Waals surface area (Å²) in [5, 5.41) is 0. The third kappa shape index (κ3) is 4.73. The van der Waals surface area contributed by atoms with Gasteiger partial charge in [0, 0.05) is 36.2 Å². The molecule has 2 fully saturated rings. The topological polar surface area (TPSA) is 40.6 Å². The lowest BCUT2D eigenvalue weighted by Crippen LogP contribution is -2.48. The second-order valence-corrected chi connectivity index (χ2v) is 7.06. The number of carbonyl (C=O) groups is 2. The molecule has 0 bridgehead atoms. The van der Waals surface area contributed by atoms with E-state index in [1.807, 2.05) is 29.2 Å². The minimum absolute atomic E-state index is 0.202. The number of likely N-dealkylation sites (tertiary alicyclic amines) is 2. The number of hydrogen-bond donors (Lipinski definition) is 0. The lowest BCUT2D eigenvalue weighted by molar-refractivity contribution is 0.0979. The normalized spacial score (nSPS) is 19.9. The summed E-state index contributed by atoms with van der Waals surface area (Å²) < 4.78 is 0. The molecule has 2 heterocycles. The molecule has 5 heteroatoms. The molecule has 2 aliphatic heterocycles. The molecule has 1 aromatic rings. The van der Waals surface area contributed by atoms with Gasteiger partial charge in [-0.3, -0.25) is 9.59 Å². The van der Waals surface area contributed by atoms with Gasteiger partial charge in [-0.25, -0.2) is 0 Å². The van der Waals surface area contributed by atoms with Crippen molar-refractivity contribution in [3.05, 3.63) is 35.4 Å². The second kappa shape index (κ2) is 8.35. The Hall–Kier alpha value is -2.06. The van der Waals surface area contributed by atoms with Crippen molar-refractivity contribution in [3.8, 4) is 11.8 Å². The number of aldehydes is 1. The van der Waals surface area contributed by atoms with E-state index < -0.39 is 0 Å². The van der Waals surface area contributed by atoms with E-state index in [9.17, 15) is 9.59 Å². The first-order valence-electron chi connectivity index (χ1n) is 9.22. The molecule has 2 aliphatic rings. The fourth-order valence-corrected chi connectivity index (χ4v) is 3.79. The number of carbonyl (C=O) groups excluding carboxylic acids is 2. The standard InChI is InChI=1S/C20H25BN2O2/c21-20(25)23-13-9-19(10-14-23)22-11-7-17(8-12-22)2-1-16-3-5-18(15-24)6-4-16/h3-6,15,17,19H,7-14,21H2. The number of piperidine rings is 2. The Balaban J connectivity index is 1.47. The predicted molar refractivity (Wildman–Crippen MR) is 102 cm³/mol. The van der Waals surface area contributed by atoms with Crippen LogP contribution < -0.4 is 0 Å². The minimum Gasteiger partial charge on any atom is -0.352 e. The average Bonchev–Trinajstić information content (AvgIpc) is 2.67. The Morgan fingerprint density at radius 1 is 1.04 bits per heavy atom. The first-order valence-corrected chi connectivity index (χ1v) is 9.22. The number of rotatable bonds is 2. The summed E-state index contributed by atoms with van der Waals surface area (Å²) in [4.78, 5) is 26.7. The van der Waals surface area contributed by atoms with Gasteiger partial charge in [-0.1, -0.05) is 24.0 Å². The largest absolute Gasteiger partial charge is 0.352 e. The molecule has 0 spiro atoms. The van der Waals surface area contributed by atoms with Crippen LogP contribution in [-0.2, 0) is 0 Å². The van der Waals surface area contributed by atoms with Crippen LogP contribution in [0.1, 0.15) is 41.6 Å². The second-order valence-electron chi connectivity index (χ2n) is 7.06. The fraction of sp³-hybridized carbons (Fsp3) is 0.500. The van der Waals surface area contributed by atoms with Crippen LogP contribution in [0.2, 0.25) is 0 Å². The highest BCUT2D eigenvalue weighted by Gasteiger charge is 2.28. The van der Waals surface area contributed by atoms with E-state index in [1.165, 1.54) is 0 Å². The van der Waals surface area contributed by atoms with Crippen molar-refractivity contribution in [2.75, 3.05) is 26.2 Å². The molecular formula is C20H25BN2O2. The fourth-order valence-electron chi connectivity index (χ4n) is 3.79. The van der Waals surface area contributed by atoms with Crippen LogP contribution in [0.15, 0.2) is 24.3 Å². The maximum Gasteiger partial charge on any atom is 0.215 e. The van der Waals surface area contributed by atoms with Gasteiger partial charge >= 0.3 is 0 Å². The zero-order valence-electron chi connectivity index (χ0n) is 14.9. The lowest BCUT2D eigenvalue weighted by Gasteiger charge is -2.41. The number of amides is 1. The zero-order valence-corrected chi connectivity index (χ0v) is 14.9. The Morgan fingerprint density at radius 2 is 1.68 bits per heavy atom. The molecule has 0 N–H and O–H groups in total. The van der Waals surface area contributed by atoms with E-state index in [4.69, 9.17) is 0 Å². The van der Waals surface area contributed by atoms with Crippen molar-refractivity contribution >= 4 is 19.9 Å². The molecule has 1 aromatic carbocycles. The molecule has 4 nitrogen and oxygen atoms in total. The molecule has 130 valence electrons. The molecule has 0 atom stereocenters.